The Kier molecular flexibility index (Phi) is 6.88. The predicted octanol–water partition coefficient (Wildman–Crippen LogP) is 2.37. The van der Waals surface area contributed by atoms with Crippen molar-refractivity contribution in [3.8, 4) is 22.9 Å². The highest BCUT2D eigenvalue weighted by Gasteiger charge is 2.18. The minimum absolute atomic E-state index is 0.0236. The van der Waals surface area contributed by atoms with Crippen LogP contribution in [0.3, 0.4) is 0 Å². The zero-order chi connectivity index (χ0) is 21.7. The number of hydrogen-bond acceptors (Lipinski definition) is 8. The van der Waals surface area contributed by atoms with E-state index in [1.807, 2.05) is 25.1 Å². The molecule has 3 aromatic rings. The van der Waals surface area contributed by atoms with Gasteiger partial charge in [-0.3, -0.25) is 4.79 Å². The highest BCUT2D eigenvalue weighted by atomic mass is 32.2. The standard InChI is InChI=1S/C20H25N5O4S/c1-13-15(8-10-29-13)19-22-23-20(25(19)21)30-12-18(26)24(2)9-7-14-5-6-16(27-3)17(11-14)28-4/h5-6,8,10-11H,7,9,12,21H2,1-4H3. The van der Waals surface area contributed by atoms with Crippen LogP contribution in [-0.2, 0) is 11.2 Å². The molecule has 0 spiro atoms. The van der Waals surface area contributed by atoms with Crippen molar-refractivity contribution in [3.05, 3.63) is 41.9 Å². The SMILES string of the molecule is COc1ccc(CCN(C)C(=O)CSc2nnc(-c3ccoc3C)n2N)cc1OC. The van der Waals surface area contributed by atoms with Gasteiger partial charge in [-0.25, -0.2) is 4.68 Å². The molecule has 10 heteroatoms. The van der Waals surface area contributed by atoms with Crippen LogP contribution in [0.2, 0.25) is 0 Å². The molecule has 0 saturated carbocycles. The third-order valence-corrected chi connectivity index (χ3v) is 5.63. The smallest absolute Gasteiger partial charge is 0.232 e. The summed E-state index contributed by atoms with van der Waals surface area (Å²) in [5.41, 5.74) is 1.83. The summed E-state index contributed by atoms with van der Waals surface area (Å²) in [6.07, 6.45) is 2.27. The fraction of sp³-hybridized carbons (Fsp3) is 0.350. The van der Waals surface area contributed by atoms with Gasteiger partial charge >= 0.3 is 0 Å². The van der Waals surface area contributed by atoms with Crippen LogP contribution in [0.5, 0.6) is 11.5 Å². The van der Waals surface area contributed by atoms with Gasteiger partial charge in [0.1, 0.15) is 5.76 Å². The minimum atomic E-state index is -0.0236. The molecule has 1 aromatic carbocycles. The molecule has 3 rings (SSSR count). The lowest BCUT2D eigenvalue weighted by Crippen LogP contribution is -2.30. The molecule has 0 aliphatic carbocycles. The number of nitrogens with zero attached hydrogens (tertiary/aromatic N) is 4. The molecule has 0 aliphatic heterocycles. The number of nitrogens with two attached hydrogens (primary N) is 1. The van der Waals surface area contributed by atoms with Crippen LogP contribution >= 0.6 is 11.8 Å². The van der Waals surface area contributed by atoms with Crippen molar-refractivity contribution >= 4 is 17.7 Å². The number of carbonyl (C=O) groups is 1. The van der Waals surface area contributed by atoms with Crippen LogP contribution < -0.4 is 15.3 Å². The molecule has 160 valence electrons. The Morgan fingerprint density at radius 1 is 1.23 bits per heavy atom. The van der Waals surface area contributed by atoms with Crippen molar-refractivity contribution < 1.29 is 18.7 Å². The van der Waals surface area contributed by atoms with Crippen LogP contribution in [0.25, 0.3) is 11.4 Å². The van der Waals surface area contributed by atoms with E-state index in [2.05, 4.69) is 10.2 Å². The number of hydrogen-bond donors (Lipinski definition) is 1. The molecule has 2 heterocycles. The van der Waals surface area contributed by atoms with Crippen molar-refractivity contribution in [2.45, 2.75) is 18.5 Å². The maximum absolute atomic E-state index is 12.5. The Morgan fingerprint density at radius 3 is 2.67 bits per heavy atom. The van der Waals surface area contributed by atoms with E-state index in [0.717, 1.165) is 11.1 Å². The lowest BCUT2D eigenvalue weighted by molar-refractivity contribution is -0.127. The zero-order valence-corrected chi connectivity index (χ0v) is 18.2. The first-order valence-electron chi connectivity index (χ1n) is 9.27. The van der Waals surface area contributed by atoms with Gasteiger partial charge in [-0.2, -0.15) is 0 Å². The third-order valence-electron chi connectivity index (χ3n) is 4.70. The predicted molar refractivity (Wildman–Crippen MR) is 114 cm³/mol. The first-order chi connectivity index (χ1) is 14.4. The lowest BCUT2D eigenvalue weighted by atomic mass is 10.1. The van der Waals surface area contributed by atoms with Crippen LogP contribution in [0, 0.1) is 6.92 Å². The topological polar surface area (TPSA) is 109 Å². The van der Waals surface area contributed by atoms with Crippen LogP contribution in [0.1, 0.15) is 11.3 Å². The summed E-state index contributed by atoms with van der Waals surface area (Å²) in [6, 6.07) is 7.52. The number of ether oxygens (including phenoxy) is 2. The summed E-state index contributed by atoms with van der Waals surface area (Å²) in [5.74, 6) is 8.83. The van der Waals surface area contributed by atoms with Crippen molar-refractivity contribution in [1.82, 2.24) is 19.8 Å². The molecule has 0 fully saturated rings. The number of likely N-dealkylation sites (N-methyl/N-ethyl adjacent to an activating group) is 1. The van der Waals surface area contributed by atoms with Gasteiger partial charge in [-0.1, -0.05) is 17.8 Å². The number of furan rings is 1. The van der Waals surface area contributed by atoms with E-state index < -0.39 is 0 Å². The van der Waals surface area contributed by atoms with Crippen LogP contribution in [-0.4, -0.2) is 59.2 Å². The zero-order valence-electron chi connectivity index (χ0n) is 17.4. The van der Waals surface area contributed by atoms with Crippen molar-refractivity contribution in [2.24, 2.45) is 0 Å². The monoisotopic (exact) mass is 431 g/mol. The fourth-order valence-electron chi connectivity index (χ4n) is 2.87. The van der Waals surface area contributed by atoms with E-state index >= 15 is 0 Å². The van der Waals surface area contributed by atoms with Gasteiger partial charge in [0, 0.05) is 13.6 Å². The second kappa shape index (κ2) is 9.57. The quantitative estimate of drug-likeness (QED) is 0.406. The summed E-state index contributed by atoms with van der Waals surface area (Å²) >= 11 is 1.25. The summed E-state index contributed by atoms with van der Waals surface area (Å²) in [6.45, 7) is 2.40. The Labute approximate surface area is 179 Å². The molecule has 30 heavy (non-hydrogen) atoms. The number of carbonyl (C=O) groups excluding carboxylic acids is 1. The van der Waals surface area contributed by atoms with Crippen molar-refractivity contribution in [2.75, 3.05) is 39.4 Å². The summed E-state index contributed by atoms with van der Waals surface area (Å²) in [4.78, 5) is 14.2. The number of nitrogen functional groups attached to an aromatic ring is 1. The highest BCUT2D eigenvalue weighted by Crippen LogP contribution is 2.28. The van der Waals surface area contributed by atoms with Gasteiger partial charge in [0.2, 0.25) is 11.1 Å². The van der Waals surface area contributed by atoms with E-state index in [4.69, 9.17) is 19.7 Å². The van der Waals surface area contributed by atoms with Gasteiger partial charge in [0.25, 0.3) is 0 Å². The maximum atomic E-state index is 12.5. The molecular formula is C20H25N5O4S. The molecule has 1 amide bonds. The molecule has 0 unspecified atom stereocenters. The largest absolute Gasteiger partial charge is 0.493 e. The molecule has 0 bridgehead atoms. The number of aromatic nitrogens is 3. The van der Waals surface area contributed by atoms with Gasteiger partial charge < -0.3 is 24.6 Å². The Bertz CT molecular complexity index is 1020. The molecule has 0 aliphatic rings. The molecule has 9 nitrogen and oxygen atoms in total. The van der Waals surface area contributed by atoms with E-state index in [-0.39, 0.29) is 11.7 Å². The molecule has 2 aromatic heterocycles. The summed E-state index contributed by atoms with van der Waals surface area (Å²) < 4.78 is 17.2. The second-order valence-electron chi connectivity index (χ2n) is 6.61. The Hall–Kier alpha value is -3.14. The normalized spacial score (nSPS) is 10.8. The number of benzene rings is 1. The molecule has 0 saturated heterocycles. The van der Waals surface area contributed by atoms with Gasteiger partial charge in [-0.05, 0) is 37.1 Å². The fourth-order valence-corrected chi connectivity index (χ4v) is 3.67. The second-order valence-corrected chi connectivity index (χ2v) is 7.55. The first kappa shape index (κ1) is 21.6. The Morgan fingerprint density at radius 2 is 2.00 bits per heavy atom. The number of rotatable bonds is 9. The first-order valence-corrected chi connectivity index (χ1v) is 10.3. The van der Waals surface area contributed by atoms with Crippen LogP contribution in [0.15, 0.2) is 40.1 Å². The number of thioether (sulfide) groups is 1. The average molecular weight is 432 g/mol. The maximum Gasteiger partial charge on any atom is 0.232 e. The van der Waals surface area contributed by atoms with E-state index in [1.54, 1.807) is 38.5 Å². The molecule has 0 atom stereocenters. The van der Waals surface area contributed by atoms with Gasteiger partial charge in [-0.15, -0.1) is 10.2 Å². The number of aryl methyl sites for hydroxylation is 1. The van der Waals surface area contributed by atoms with Crippen molar-refractivity contribution in [3.63, 3.8) is 0 Å². The van der Waals surface area contributed by atoms with E-state index in [0.29, 0.717) is 41.2 Å². The van der Waals surface area contributed by atoms with Gasteiger partial charge in [0.05, 0.1) is 31.8 Å². The Balaban J connectivity index is 1.54. The minimum Gasteiger partial charge on any atom is -0.493 e. The summed E-state index contributed by atoms with van der Waals surface area (Å²) in [7, 11) is 4.98. The van der Waals surface area contributed by atoms with Gasteiger partial charge in [0.15, 0.2) is 17.3 Å². The van der Waals surface area contributed by atoms with E-state index in [9.17, 15) is 4.79 Å². The highest BCUT2D eigenvalue weighted by molar-refractivity contribution is 7.99. The average Bonchev–Trinajstić information content (AvgIpc) is 3.34. The molecular weight excluding hydrogens is 406 g/mol. The number of amides is 1. The lowest BCUT2D eigenvalue weighted by Gasteiger charge is -2.17. The van der Waals surface area contributed by atoms with Crippen molar-refractivity contribution in [1.29, 1.82) is 0 Å². The molecule has 0 radical (unpaired) electrons. The molecule has 2 N–H and O–H groups in total. The van der Waals surface area contributed by atoms with E-state index in [1.165, 1.54) is 16.4 Å². The van der Waals surface area contributed by atoms with Crippen LogP contribution in [0.4, 0.5) is 0 Å². The number of methoxy groups -OCH3 is 2. The third kappa shape index (κ3) is 4.70. The summed E-state index contributed by atoms with van der Waals surface area (Å²) in [5, 5.41) is 8.66.